The van der Waals surface area contributed by atoms with Crippen molar-refractivity contribution in [1.29, 1.82) is 0 Å². The Kier molecular flexibility index (Phi) is 12.4. The second-order valence-corrected chi connectivity index (χ2v) is 24.6. The van der Waals surface area contributed by atoms with E-state index in [1.165, 1.54) is 10.8 Å². The molecular weight excluding hydrogens is 1160 g/mol. The minimum absolute atomic E-state index is 0.632. The van der Waals surface area contributed by atoms with Crippen molar-refractivity contribution >= 4 is 115 Å². The second kappa shape index (κ2) is 21.7. The predicted octanol–water partition coefficient (Wildman–Crippen LogP) is 24.0. The van der Waals surface area contributed by atoms with E-state index in [0.717, 1.165) is 177 Å². The maximum atomic E-state index is 7.72. The Bertz CT molecular complexity index is 6290. The third-order valence-corrected chi connectivity index (χ3v) is 19.1. The van der Waals surface area contributed by atoms with Gasteiger partial charge in [0.15, 0.2) is 5.82 Å². The van der Waals surface area contributed by atoms with Crippen molar-refractivity contribution in [1.82, 2.24) is 15.0 Å². The molecule has 0 aliphatic carbocycles. The van der Waals surface area contributed by atoms with Gasteiger partial charge in [-0.05, 0) is 196 Å². The number of aromatic nitrogens is 3. The molecule has 0 aliphatic rings. The van der Waals surface area contributed by atoms with E-state index < -0.39 is 0 Å². The molecule has 95 heavy (non-hydrogen) atoms. The molecule has 19 rings (SSSR count). The zero-order valence-electron chi connectivity index (χ0n) is 51.5. The molecule has 0 bridgehead atoms. The second-order valence-electron chi connectivity index (χ2n) is 24.6. The summed E-state index contributed by atoms with van der Waals surface area (Å²) in [6, 6.07) is 106. The highest BCUT2D eigenvalue weighted by Gasteiger charge is 2.28. The third kappa shape index (κ3) is 9.00. The highest BCUT2D eigenvalue weighted by Crippen LogP contribution is 2.52. The Morgan fingerprint density at radius 2 is 0.874 bits per heavy atom. The van der Waals surface area contributed by atoms with E-state index in [-0.39, 0.29) is 0 Å². The molecule has 7 nitrogen and oxygen atoms in total. The highest BCUT2D eigenvalue weighted by molar-refractivity contribution is 6.38. The molecule has 0 saturated heterocycles. The fourth-order valence-corrected chi connectivity index (χ4v) is 14.7. The highest BCUT2D eigenvalue weighted by atomic mass is 16.5. The van der Waals surface area contributed by atoms with E-state index in [1.54, 1.807) is 7.11 Å². The molecule has 0 N–H and O–H groups in total. The predicted molar refractivity (Wildman–Crippen MR) is 392 cm³/mol. The van der Waals surface area contributed by atoms with E-state index in [4.69, 9.17) is 28.5 Å². The van der Waals surface area contributed by atoms with Crippen LogP contribution >= 0.6 is 0 Å². The minimum atomic E-state index is 0.632. The monoisotopic (exact) mass is 1210 g/mol. The van der Waals surface area contributed by atoms with E-state index in [0.29, 0.717) is 11.4 Å². The number of rotatable bonds is 11. The molecule has 0 saturated carbocycles. The topological polar surface area (TPSA) is 77.4 Å². The summed E-state index contributed by atoms with van der Waals surface area (Å²) < 4.78 is 21.0. The van der Waals surface area contributed by atoms with Gasteiger partial charge >= 0.3 is 0 Å². The van der Waals surface area contributed by atoms with Gasteiger partial charge < -0.3 is 18.5 Å². The molecular formula is C88H54N4O3. The maximum Gasteiger partial charge on any atom is 0.160 e. The largest absolute Gasteiger partial charge is 0.497 e. The number of methoxy groups -OCH3 is 1. The van der Waals surface area contributed by atoms with Crippen molar-refractivity contribution in [2.24, 2.45) is 0 Å². The summed E-state index contributed by atoms with van der Waals surface area (Å²) in [4.78, 5) is 17.9. The van der Waals surface area contributed by atoms with E-state index in [1.807, 2.05) is 30.6 Å². The van der Waals surface area contributed by atoms with Crippen LogP contribution in [-0.4, -0.2) is 22.1 Å². The summed E-state index contributed by atoms with van der Waals surface area (Å²) in [5, 5.41) is 14.9. The first-order valence-corrected chi connectivity index (χ1v) is 32.0. The summed E-state index contributed by atoms with van der Waals surface area (Å²) in [6.45, 7) is 0. The van der Waals surface area contributed by atoms with Crippen LogP contribution in [0.1, 0.15) is 0 Å². The first-order valence-electron chi connectivity index (χ1n) is 32.0. The van der Waals surface area contributed by atoms with Gasteiger partial charge in [-0.25, -0.2) is 9.97 Å². The Morgan fingerprint density at radius 1 is 0.295 bits per heavy atom. The SMILES string of the molecule is COc1cccc(-c2cccc(-c3ccc4c5cc(N(c6cccc(-c7ccccc7)c6)c6ccc7cc8ccccc8cc7c6)cc6oc7c(-c8ccnc(-c9cccc%10ccccc9%10)n8)ccc(c8cc(-c9cc(-c%10ccccc%10)ccn9)cc9oc3c4c98)c7c65)c2)c1. The van der Waals surface area contributed by atoms with Crippen LogP contribution in [0.2, 0.25) is 0 Å². The Labute approximate surface area is 546 Å². The number of anilines is 3. The molecule has 19 aromatic rings. The van der Waals surface area contributed by atoms with Crippen molar-refractivity contribution in [2.75, 3.05) is 12.0 Å². The van der Waals surface area contributed by atoms with Crippen LogP contribution in [0.5, 0.6) is 5.75 Å². The van der Waals surface area contributed by atoms with Gasteiger partial charge in [0.05, 0.1) is 24.2 Å². The first-order chi connectivity index (χ1) is 47.0. The summed E-state index contributed by atoms with van der Waals surface area (Å²) in [6.07, 6.45) is 3.78. The van der Waals surface area contributed by atoms with Crippen molar-refractivity contribution in [3.8, 4) is 84.2 Å². The fourth-order valence-electron chi connectivity index (χ4n) is 14.7. The third-order valence-electron chi connectivity index (χ3n) is 19.1. The zero-order valence-corrected chi connectivity index (χ0v) is 51.5. The van der Waals surface area contributed by atoms with Gasteiger partial charge in [-0.2, -0.15) is 0 Å². The lowest BCUT2D eigenvalue weighted by Gasteiger charge is -2.27. The number of furan rings is 2. The molecule has 0 fully saturated rings. The van der Waals surface area contributed by atoms with E-state index in [9.17, 15) is 0 Å². The van der Waals surface area contributed by atoms with Crippen LogP contribution in [0.3, 0.4) is 0 Å². The number of ether oxygens (including phenoxy) is 1. The minimum Gasteiger partial charge on any atom is -0.497 e. The molecule has 0 unspecified atom stereocenters. The molecule has 0 atom stereocenters. The Balaban J connectivity index is 0.935. The average molecular weight is 1220 g/mol. The molecule has 7 heteroatoms. The average Bonchev–Trinajstić information content (AvgIpc) is 1.58. The maximum absolute atomic E-state index is 7.72. The van der Waals surface area contributed by atoms with Gasteiger partial charge in [-0.3, -0.25) is 4.98 Å². The van der Waals surface area contributed by atoms with Crippen molar-refractivity contribution < 1.29 is 13.6 Å². The molecule has 15 aromatic carbocycles. The Morgan fingerprint density at radius 3 is 1.65 bits per heavy atom. The van der Waals surface area contributed by atoms with Gasteiger partial charge in [0, 0.05) is 73.6 Å². The van der Waals surface area contributed by atoms with Crippen LogP contribution in [-0.2, 0) is 0 Å². The number of hydrogen-bond donors (Lipinski definition) is 0. The number of hydrogen-bond acceptors (Lipinski definition) is 7. The van der Waals surface area contributed by atoms with Crippen LogP contribution in [0, 0.1) is 0 Å². The quantitative estimate of drug-likeness (QED) is 0.119. The summed E-state index contributed by atoms with van der Waals surface area (Å²) >= 11 is 0. The zero-order chi connectivity index (χ0) is 62.7. The summed E-state index contributed by atoms with van der Waals surface area (Å²) in [7, 11) is 1.71. The molecule has 4 aromatic heterocycles. The van der Waals surface area contributed by atoms with Gasteiger partial charge in [0.1, 0.15) is 28.1 Å². The lowest BCUT2D eigenvalue weighted by atomic mass is 9.90. The lowest BCUT2D eigenvalue weighted by Crippen LogP contribution is -2.10. The number of benzene rings is 14. The van der Waals surface area contributed by atoms with E-state index in [2.05, 4.69) is 284 Å². The van der Waals surface area contributed by atoms with Gasteiger partial charge in [0.2, 0.25) is 0 Å². The van der Waals surface area contributed by atoms with Crippen LogP contribution in [0.15, 0.2) is 318 Å². The van der Waals surface area contributed by atoms with E-state index >= 15 is 0 Å². The van der Waals surface area contributed by atoms with Crippen LogP contribution < -0.4 is 9.64 Å². The number of pyridine rings is 1. The first kappa shape index (κ1) is 54.1. The summed E-state index contributed by atoms with van der Waals surface area (Å²) in [5.74, 6) is 1.43. The van der Waals surface area contributed by atoms with Gasteiger partial charge in [0.25, 0.3) is 0 Å². The molecule has 0 aliphatic heterocycles. The molecule has 0 amide bonds. The van der Waals surface area contributed by atoms with Gasteiger partial charge in [-0.1, -0.05) is 188 Å². The fraction of sp³-hybridized carbons (Fsp3) is 0.0114. The van der Waals surface area contributed by atoms with Crippen molar-refractivity contribution in [3.05, 3.63) is 310 Å². The normalized spacial score (nSPS) is 11.8. The molecule has 444 valence electrons. The van der Waals surface area contributed by atoms with Crippen LogP contribution in [0.4, 0.5) is 17.1 Å². The smallest absolute Gasteiger partial charge is 0.160 e. The Hall–Kier alpha value is -12.7. The number of fused-ring (bicyclic) bond motifs is 5. The molecule has 0 radical (unpaired) electrons. The standard InChI is InChI=1S/C88H54N4O3/c1-93-69-29-14-26-60(47-69)58-24-12-27-63(43-58)71-34-35-73-77-51-68(92(66-28-13-25-59(45-66)53-16-4-2-5-17-53)67-33-32-61-42-56-21-8-9-22-57(56)44-64(61)46-67)52-81-83(77)85-72(36-37-75(87(85)95-81)78-39-41-90-88(91-78)74-31-15-23-55-20-10-11-30-70(55)74)76-48-65(50-80-82(76)84(73)86(71)94-80)79-49-62(38-40-89-79)54-18-6-3-7-19-54/h2-52H,1H3. The summed E-state index contributed by atoms with van der Waals surface area (Å²) in [5.41, 5.74) is 18.7. The van der Waals surface area contributed by atoms with Crippen molar-refractivity contribution in [2.45, 2.75) is 0 Å². The van der Waals surface area contributed by atoms with Gasteiger partial charge in [-0.15, -0.1) is 0 Å². The lowest BCUT2D eigenvalue weighted by molar-refractivity contribution is 0.415. The number of nitrogens with zero attached hydrogens (tertiary/aromatic N) is 4. The molecule has 0 spiro atoms. The molecule has 4 heterocycles. The van der Waals surface area contributed by atoms with Crippen LogP contribution in [0.25, 0.3) is 176 Å². The van der Waals surface area contributed by atoms with Crippen molar-refractivity contribution in [3.63, 3.8) is 0 Å².